The van der Waals surface area contributed by atoms with E-state index in [0.717, 1.165) is 25.1 Å². The fraction of sp³-hybridized carbons (Fsp3) is 0.500. The van der Waals surface area contributed by atoms with E-state index in [4.69, 9.17) is 9.84 Å². The van der Waals surface area contributed by atoms with Crippen LogP contribution in [0.1, 0.15) is 31.2 Å². The Balaban J connectivity index is 2.19. The quantitative estimate of drug-likeness (QED) is 0.882. The van der Waals surface area contributed by atoms with E-state index < -0.39 is 0 Å². The summed E-state index contributed by atoms with van der Waals surface area (Å²) in [7, 11) is 1.96. The number of rotatable bonds is 2. The van der Waals surface area contributed by atoms with Crippen molar-refractivity contribution in [3.63, 3.8) is 0 Å². The van der Waals surface area contributed by atoms with Crippen molar-refractivity contribution in [3.8, 4) is 0 Å². The van der Waals surface area contributed by atoms with E-state index in [-0.39, 0.29) is 6.10 Å². The van der Waals surface area contributed by atoms with Crippen molar-refractivity contribution < 1.29 is 4.74 Å². The van der Waals surface area contributed by atoms with Crippen molar-refractivity contribution in [1.29, 1.82) is 0 Å². The molecule has 0 radical (unpaired) electrons. The third-order valence-corrected chi connectivity index (χ3v) is 3.61. The van der Waals surface area contributed by atoms with Crippen molar-refractivity contribution in [3.05, 3.63) is 30.0 Å². The van der Waals surface area contributed by atoms with E-state index >= 15 is 0 Å². The van der Waals surface area contributed by atoms with E-state index in [2.05, 4.69) is 35.1 Å². The van der Waals surface area contributed by atoms with Crippen LogP contribution in [0.3, 0.4) is 0 Å². The maximum absolute atomic E-state index is 5.98. The zero-order chi connectivity index (χ0) is 12.5. The minimum absolute atomic E-state index is 0.0901. The van der Waals surface area contributed by atoms with Crippen LogP contribution in [0.2, 0.25) is 0 Å². The molecule has 0 bridgehead atoms. The lowest BCUT2D eigenvalue weighted by Gasteiger charge is -2.16. The average Bonchev–Trinajstić information content (AvgIpc) is 2.70. The highest BCUT2D eigenvalue weighted by molar-refractivity contribution is 5.82. The molecule has 0 spiro atoms. The fourth-order valence-corrected chi connectivity index (χ4v) is 2.65. The van der Waals surface area contributed by atoms with Crippen molar-refractivity contribution in [2.75, 3.05) is 20.2 Å². The summed E-state index contributed by atoms with van der Waals surface area (Å²) in [5.41, 5.74) is 2.27. The Hall–Kier alpha value is -1.39. The maximum atomic E-state index is 5.98. The Labute approximate surface area is 107 Å². The van der Waals surface area contributed by atoms with Crippen molar-refractivity contribution in [2.45, 2.75) is 25.5 Å². The maximum Gasteiger partial charge on any atom is 0.112 e. The molecule has 0 saturated heterocycles. The number of nitrogens with zero attached hydrogens (tertiary/aromatic N) is 2. The van der Waals surface area contributed by atoms with Gasteiger partial charge in [-0.25, -0.2) is 0 Å². The third kappa shape index (κ3) is 1.82. The highest BCUT2D eigenvalue weighted by Crippen LogP contribution is 2.32. The Morgan fingerprint density at radius 3 is 3.11 bits per heavy atom. The summed E-state index contributed by atoms with van der Waals surface area (Å²) < 4.78 is 8.14. The van der Waals surface area contributed by atoms with E-state index in [9.17, 15) is 0 Å². The summed E-state index contributed by atoms with van der Waals surface area (Å²) in [6, 6.07) is 8.71. The van der Waals surface area contributed by atoms with Gasteiger partial charge in [0.05, 0.1) is 17.3 Å². The Kier molecular flexibility index (Phi) is 3.06. The normalized spacial score (nSPS) is 23.9. The van der Waals surface area contributed by atoms with Gasteiger partial charge in [-0.3, -0.25) is 4.68 Å². The van der Waals surface area contributed by atoms with Gasteiger partial charge in [0.2, 0.25) is 0 Å². The van der Waals surface area contributed by atoms with Crippen LogP contribution in [0.25, 0.3) is 10.9 Å². The molecule has 4 nitrogen and oxygen atoms in total. The minimum atomic E-state index is 0.0901. The standard InChI is InChI=1S/C14H19N3O/c1-10-7-8-18-13(9-15-2)14-11-5-3-4-6-12(11)16-17(10)14/h3-6,10,13,15H,7-9H2,1-2H3/t10-,13+/m0/s1. The molecule has 0 amide bonds. The predicted octanol–water partition coefficient (Wildman–Crippen LogP) is 2.28. The van der Waals surface area contributed by atoms with E-state index in [1.807, 2.05) is 13.1 Å². The van der Waals surface area contributed by atoms with Crippen LogP contribution < -0.4 is 5.32 Å². The first-order chi connectivity index (χ1) is 8.81. The molecule has 0 unspecified atom stereocenters. The summed E-state index contributed by atoms with van der Waals surface area (Å²) in [6.45, 7) is 3.83. The van der Waals surface area contributed by atoms with Gasteiger partial charge >= 0.3 is 0 Å². The molecule has 4 heteroatoms. The third-order valence-electron chi connectivity index (χ3n) is 3.61. The number of hydrogen-bond acceptors (Lipinski definition) is 3. The number of aromatic nitrogens is 2. The Morgan fingerprint density at radius 1 is 1.44 bits per heavy atom. The molecular formula is C14H19N3O. The topological polar surface area (TPSA) is 39.1 Å². The van der Waals surface area contributed by atoms with Crippen LogP contribution in [-0.4, -0.2) is 30.0 Å². The largest absolute Gasteiger partial charge is 0.370 e. The number of hydrogen-bond donors (Lipinski definition) is 1. The van der Waals surface area contributed by atoms with Gasteiger partial charge in [-0.05, 0) is 26.5 Å². The second-order valence-corrected chi connectivity index (χ2v) is 4.90. The number of ether oxygens (including phenoxy) is 1. The Morgan fingerprint density at radius 2 is 2.28 bits per heavy atom. The Bertz CT molecular complexity index is 549. The minimum Gasteiger partial charge on any atom is -0.370 e. The van der Waals surface area contributed by atoms with Crippen molar-refractivity contribution in [1.82, 2.24) is 15.1 Å². The monoisotopic (exact) mass is 245 g/mol. The second-order valence-electron chi connectivity index (χ2n) is 4.90. The van der Waals surface area contributed by atoms with Gasteiger partial charge in [0.25, 0.3) is 0 Å². The summed E-state index contributed by atoms with van der Waals surface area (Å²) >= 11 is 0. The first kappa shape index (κ1) is 11.7. The van der Waals surface area contributed by atoms with Gasteiger partial charge < -0.3 is 10.1 Å². The first-order valence-electron chi connectivity index (χ1n) is 6.54. The molecule has 2 heterocycles. The highest BCUT2D eigenvalue weighted by atomic mass is 16.5. The van der Waals surface area contributed by atoms with Crippen LogP contribution in [0.4, 0.5) is 0 Å². The summed E-state index contributed by atoms with van der Waals surface area (Å²) in [6.07, 6.45) is 1.11. The average molecular weight is 245 g/mol. The molecule has 0 aliphatic carbocycles. The second kappa shape index (κ2) is 4.71. The zero-order valence-electron chi connectivity index (χ0n) is 10.9. The molecule has 96 valence electrons. The van der Waals surface area contributed by atoms with Gasteiger partial charge in [-0.1, -0.05) is 18.2 Å². The summed E-state index contributed by atoms with van der Waals surface area (Å²) in [4.78, 5) is 0. The van der Waals surface area contributed by atoms with Gasteiger partial charge in [-0.2, -0.15) is 5.10 Å². The molecule has 3 rings (SSSR count). The molecular weight excluding hydrogens is 226 g/mol. The molecule has 1 aliphatic heterocycles. The lowest BCUT2D eigenvalue weighted by molar-refractivity contribution is 0.0570. The van der Waals surface area contributed by atoms with Crippen LogP contribution in [0.15, 0.2) is 24.3 Å². The molecule has 2 atom stereocenters. The molecule has 1 aromatic carbocycles. The van der Waals surface area contributed by atoms with Crippen LogP contribution in [-0.2, 0) is 4.74 Å². The molecule has 2 aromatic rings. The molecule has 1 aromatic heterocycles. The van der Waals surface area contributed by atoms with E-state index in [1.165, 1.54) is 11.1 Å². The van der Waals surface area contributed by atoms with E-state index in [1.54, 1.807) is 0 Å². The van der Waals surface area contributed by atoms with Crippen molar-refractivity contribution >= 4 is 10.9 Å². The van der Waals surface area contributed by atoms with E-state index in [0.29, 0.717) is 6.04 Å². The zero-order valence-corrected chi connectivity index (χ0v) is 10.9. The molecule has 1 N–H and O–H groups in total. The van der Waals surface area contributed by atoms with Gasteiger partial charge in [0.1, 0.15) is 6.10 Å². The summed E-state index contributed by atoms with van der Waals surface area (Å²) in [5, 5.41) is 9.16. The molecule has 18 heavy (non-hydrogen) atoms. The summed E-state index contributed by atoms with van der Waals surface area (Å²) in [5.74, 6) is 0. The number of benzene rings is 1. The number of fused-ring (bicyclic) bond motifs is 3. The lowest BCUT2D eigenvalue weighted by Crippen LogP contribution is -2.21. The molecule has 1 aliphatic rings. The predicted molar refractivity (Wildman–Crippen MR) is 71.7 cm³/mol. The number of nitrogens with one attached hydrogen (secondary N) is 1. The number of likely N-dealkylation sites (N-methyl/N-ethyl adjacent to an activating group) is 1. The smallest absolute Gasteiger partial charge is 0.112 e. The molecule has 0 fully saturated rings. The van der Waals surface area contributed by atoms with Gasteiger partial charge in [0, 0.05) is 18.5 Å². The lowest BCUT2D eigenvalue weighted by atomic mass is 10.1. The highest BCUT2D eigenvalue weighted by Gasteiger charge is 2.26. The van der Waals surface area contributed by atoms with Crippen LogP contribution in [0, 0.1) is 0 Å². The molecule has 0 saturated carbocycles. The van der Waals surface area contributed by atoms with Crippen LogP contribution >= 0.6 is 0 Å². The first-order valence-corrected chi connectivity index (χ1v) is 6.54. The van der Waals surface area contributed by atoms with Crippen molar-refractivity contribution in [2.24, 2.45) is 0 Å². The fourth-order valence-electron chi connectivity index (χ4n) is 2.65. The van der Waals surface area contributed by atoms with Gasteiger partial charge in [-0.15, -0.1) is 0 Å². The van der Waals surface area contributed by atoms with Crippen LogP contribution in [0.5, 0.6) is 0 Å². The van der Waals surface area contributed by atoms with Gasteiger partial charge in [0.15, 0.2) is 0 Å². The SMILES string of the molecule is CNC[C@H]1OCC[C@H](C)n2nc3ccccc3c21.